The van der Waals surface area contributed by atoms with Crippen LogP contribution in [0.1, 0.15) is 33.1 Å². The molecule has 0 aliphatic carbocycles. The molecule has 0 spiro atoms. The van der Waals surface area contributed by atoms with Crippen molar-refractivity contribution >= 4 is 16.9 Å². The summed E-state index contributed by atoms with van der Waals surface area (Å²) in [6.07, 6.45) is 3.94. The van der Waals surface area contributed by atoms with Gasteiger partial charge < -0.3 is 0 Å². The van der Waals surface area contributed by atoms with Crippen LogP contribution in [-0.2, 0) is 0 Å². The third-order valence-corrected chi connectivity index (χ3v) is 3.17. The molecule has 0 atom stereocenters. The van der Waals surface area contributed by atoms with E-state index in [2.05, 4.69) is 23.7 Å². The molecule has 1 fully saturated rings. The van der Waals surface area contributed by atoms with Gasteiger partial charge in [-0.2, -0.15) is 0 Å². The van der Waals surface area contributed by atoms with Crippen LogP contribution >= 0.6 is 11.8 Å². The summed E-state index contributed by atoms with van der Waals surface area (Å²) in [4.78, 5) is 0. The molecule has 1 rings (SSSR count). The molecule has 0 unspecified atom stereocenters. The highest BCUT2D eigenvalue weighted by Gasteiger charge is 2.16. The predicted molar refractivity (Wildman–Crippen MR) is 60.7 cm³/mol. The van der Waals surface area contributed by atoms with Crippen molar-refractivity contribution in [2.45, 2.75) is 33.1 Å². The first-order valence-electron chi connectivity index (χ1n) is 5.37. The van der Waals surface area contributed by atoms with Crippen molar-refractivity contribution < 1.29 is 4.58 Å². The van der Waals surface area contributed by atoms with Crippen molar-refractivity contribution in [1.29, 1.82) is 0 Å². The lowest BCUT2D eigenvalue weighted by Gasteiger charge is -2.05. The lowest BCUT2D eigenvalue weighted by atomic mass is 10.4. The minimum atomic E-state index is 1.11. The zero-order valence-corrected chi connectivity index (χ0v) is 9.62. The van der Waals surface area contributed by atoms with Gasteiger partial charge in [0, 0.05) is 5.75 Å². The Balaban J connectivity index is 2.48. The van der Waals surface area contributed by atoms with Gasteiger partial charge in [-0.25, -0.2) is 0 Å². The molecule has 0 bridgehead atoms. The van der Waals surface area contributed by atoms with Gasteiger partial charge in [0.15, 0.2) is 0 Å². The van der Waals surface area contributed by atoms with Crippen molar-refractivity contribution in [3.8, 4) is 0 Å². The zero-order chi connectivity index (χ0) is 9.52. The van der Waals surface area contributed by atoms with Crippen LogP contribution in [0.3, 0.4) is 0 Å². The van der Waals surface area contributed by atoms with Gasteiger partial charge >= 0.3 is 5.17 Å². The quantitative estimate of drug-likeness (QED) is 0.554. The minimum absolute atomic E-state index is 1.11. The number of hydrogen-bond acceptors (Lipinski definition) is 1. The molecule has 0 saturated carbocycles. The van der Waals surface area contributed by atoms with Gasteiger partial charge in [0.1, 0.15) is 0 Å². The standard InChI is InChI=1S/C10H20N2S/c1-3-7-11-10(13-4-2)12-8-5-6-9-12/h3-9H2,1-2H3/p+1. The molecule has 1 heterocycles. The first-order valence-corrected chi connectivity index (χ1v) is 6.35. The lowest BCUT2D eigenvalue weighted by Crippen LogP contribution is -2.30. The highest BCUT2D eigenvalue weighted by Crippen LogP contribution is 2.07. The van der Waals surface area contributed by atoms with E-state index in [-0.39, 0.29) is 0 Å². The lowest BCUT2D eigenvalue weighted by molar-refractivity contribution is -0.505. The van der Waals surface area contributed by atoms with E-state index in [4.69, 9.17) is 0 Å². The molecule has 1 aliphatic rings. The molecule has 13 heavy (non-hydrogen) atoms. The monoisotopic (exact) mass is 201 g/mol. The number of rotatable bonds is 3. The minimum Gasteiger partial charge on any atom is -0.269 e. The molecule has 1 saturated heterocycles. The maximum atomic E-state index is 3.52. The van der Waals surface area contributed by atoms with Gasteiger partial charge in [0.05, 0.1) is 19.6 Å². The highest BCUT2D eigenvalue weighted by molar-refractivity contribution is 8.13. The molecule has 0 amide bonds. The summed E-state index contributed by atoms with van der Waals surface area (Å²) in [5.41, 5.74) is 0. The van der Waals surface area contributed by atoms with Crippen molar-refractivity contribution in [1.82, 2.24) is 5.32 Å². The topological polar surface area (TPSA) is 15.0 Å². The molecule has 0 aromatic heterocycles. The van der Waals surface area contributed by atoms with Gasteiger partial charge in [-0.3, -0.25) is 9.89 Å². The van der Waals surface area contributed by atoms with E-state index >= 15 is 0 Å². The zero-order valence-electron chi connectivity index (χ0n) is 8.81. The highest BCUT2D eigenvalue weighted by atomic mass is 32.2. The van der Waals surface area contributed by atoms with Crippen LogP contribution in [0.25, 0.3) is 0 Å². The fourth-order valence-corrected chi connectivity index (χ4v) is 2.39. The van der Waals surface area contributed by atoms with E-state index in [0.717, 1.165) is 6.54 Å². The Bertz CT molecular complexity index is 170. The van der Waals surface area contributed by atoms with E-state index in [9.17, 15) is 0 Å². The Morgan fingerprint density at radius 1 is 1.31 bits per heavy atom. The number of amidine groups is 1. The van der Waals surface area contributed by atoms with Gasteiger partial charge in [-0.15, -0.1) is 0 Å². The van der Waals surface area contributed by atoms with Crippen molar-refractivity contribution in [3.63, 3.8) is 0 Å². The average Bonchev–Trinajstić information content (AvgIpc) is 2.65. The maximum Gasteiger partial charge on any atom is 0.306 e. The van der Waals surface area contributed by atoms with Crippen LogP contribution in [0.4, 0.5) is 0 Å². The van der Waals surface area contributed by atoms with Crippen LogP contribution < -0.4 is 5.32 Å². The van der Waals surface area contributed by atoms with Crippen LogP contribution in [0, 0.1) is 0 Å². The van der Waals surface area contributed by atoms with Gasteiger partial charge in [-0.1, -0.05) is 13.8 Å². The van der Waals surface area contributed by atoms with E-state index in [1.807, 2.05) is 11.8 Å². The van der Waals surface area contributed by atoms with Gasteiger partial charge in [0.2, 0.25) is 0 Å². The molecule has 0 aromatic carbocycles. The first-order chi connectivity index (χ1) is 6.38. The molecule has 0 aromatic rings. The third-order valence-electron chi connectivity index (χ3n) is 2.20. The molecule has 2 nitrogen and oxygen atoms in total. The number of hydrogen-bond donors (Lipinski definition) is 1. The van der Waals surface area contributed by atoms with Crippen LogP contribution in [-0.4, -0.2) is 35.1 Å². The average molecular weight is 201 g/mol. The number of nitrogens with zero attached hydrogens (tertiary/aromatic N) is 1. The summed E-state index contributed by atoms with van der Waals surface area (Å²) in [6.45, 7) is 8.04. The Morgan fingerprint density at radius 3 is 2.54 bits per heavy atom. The first kappa shape index (κ1) is 10.9. The molecule has 0 radical (unpaired) electrons. The van der Waals surface area contributed by atoms with E-state index in [0.29, 0.717) is 0 Å². The fourth-order valence-electron chi connectivity index (χ4n) is 1.54. The third kappa shape index (κ3) is 3.59. The summed E-state index contributed by atoms with van der Waals surface area (Å²) in [6, 6.07) is 0. The van der Waals surface area contributed by atoms with Crippen molar-refractivity contribution in [3.05, 3.63) is 0 Å². The summed E-state index contributed by atoms with van der Waals surface area (Å²) < 4.78 is 2.49. The second-order valence-electron chi connectivity index (χ2n) is 3.36. The summed E-state index contributed by atoms with van der Waals surface area (Å²) in [5, 5.41) is 4.92. The Kier molecular flexibility index (Phi) is 5.28. The Hall–Kier alpha value is -0.180. The van der Waals surface area contributed by atoms with E-state index < -0.39 is 0 Å². The SMILES string of the molecule is CCCNC(SCC)=[N+]1CCCC1. The van der Waals surface area contributed by atoms with Crippen LogP contribution in [0.15, 0.2) is 0 Å². The largest absolute Gasteiger partial charge is 0.306 e. The molecule has 76 valence electrons. The molecular formula is C10H21N2S+. The summed E-state index contributed by atoms with van der Waals surface area (Å²) in [5.74, 6) is 1.17. The smallest absolute Gasteiger partial charge is 0.269 e. The van der Waals surface area contributed by atoms with E-state index in [1.54, 1.807) is 0 Å². The van der Waals surface area contributed by atoms with Crippen molar-refractivity contribution in [2.75, 3.05) is 25.4 Å². The van der Waals surface area contributed by atoms with Crippen molar-refractivity contribution in [2.24, 2.45) is 0 Å². The predicted octanol–water partition coefficient (Wildman–Crippen LogP) is 1.90. The normalized spacial score (nSPS) is 16.3. The van der Waals surface area contributed by atoms with Crippen LogP contribution in [0.5, 0.6) is 0 Å². The number of nitrogens with one attached hydrogen (secondary N) is 1. The number of thioether (sulfide) groups is 1. The molecule has 3 heteroatoms. The second-order valence-corrected chi connectivity index (χ2v) is 4.61. The fraction of sp³-hybridized carbons (Fsp3) is 0.900. The van der Waals surface area contributed by atoms with Gasteiger partial charge in [-0.05, 0) is 31.0 Å². The second kappa shape index (κ2) is 6.30. The van der Waals surface area contributed by atoms with Crippen LogP contribution in [0.2, 0.25) is 0 Å². The summed E-state index contributed by atoms with van der Waals surface area (Å²) in [7, 11) is 0. The van der Waals surface area contributed by atoms with Gasteiger partial charge in [0.25, 0.3) is 0 Å². The molecular weight excluding hydrogens is 180 g/mol. The molecule has 1 N–H and O–H groups in total. The Labute approximate surface area is 85.8 Å². The molecule has 1 aliphatic heterocycles. The van der Waals surface area contributed by atoms with E-state index in [1.165, 1.54) is 43.3 Å². The Morgan fingerprint density at radius 2 is 2.00 bits per heavy atom. The maximum absolute atomic E-state index is 3.52. The summed E-state index contributed by atoms with van der Waals surface area (Å²) >= 11 is 1.95.